The topological polar surface area (TPSA) is 101 Å². The normalized spacial score (nSPS) is 35.8. The van der Waals surface area contributed by atoms with Crippen molar-refractivity contribution < 1.29 is 25.6 Å². The zero-order chi connectivity index (χ0) is 36.1. The van der Waals surface area contributed by atoms with E-state index in [2.05, 4.69) is 12.1 Å². The van der Waals surface area contributed by atoms with E-state index < -0.39 is 20.2 Å². The molecule has 288 valence electrons. The highest BCUT2D eigenvalue weighted by atomic mass is 32.2. The van der Waals surface area contributed by atoms with Gasteiger partial charge in [0.25, 0.3) is 0 Å². The molecular formula is C45H59O6S2-. The molecule has 2 aromatic rings. The molecule has 8 fully saturated rings. The Balaban J connectivity index is 1.13. The second kappa shape index (κ2) is 13.6. The van der Waals surface area contributed by atoms with Crippen molar-refractivity contribution in [3.63, 3.8) is 0 Å². The molecule has 0 spiro atoms. The van der Waals surface area contributed by atoms with Crippen LogP contribution in [0.1, 0.15) is 199 Å². The average Bonchev–Trinajstić information content (AvgIpc) is 4.03. The van der Waals surface area contributed by atoms with Crippen LogP contribution in [0.4, 0.5) is 0 Å². The minimum Gasteiger partial charge on any atom is -0.744 e. The Hall–Kier alpha value is -1.90. The minimum atomic E-state index is -4.79. The van der Waals surface area contributed by atoms with Crippen molar-refractivity contribution in [2.75, 3.05) is 0 Å². The average molecular weight is 760 g/mol. The molecule has 8 aliphatic carbocycles. The van der Waals surface area contributed by atoms with Crippen LogP contribution >= 0.6 is 0 Å². The first-order valence-corrected chi connectivity index (χ1v) is 24.7. The molecule has 6 nitrogen and oxygen atoms in total. The Morgan fingerprint density at radius 2 is 0.906 bits per heavy atom. The summed E-state index contributed by atoms with van der Waals surface area (Å²) in [5.41, 5.74) is 4.47. The summed E-state index contributed by atoms with van der Waals surface area (Å²) < 4.78 is 76.7. The molecule has 8 heteroatoms. The van der Waals surface area contributed by atoms with E-state index >= 15 is 8.42 Å². The fourth-order valence-electron chi connectivity index (χ4n) is 14.2. The van der Waals surface area contributed by atoms with Crippen molar-refractivity contribution in [1.82, 2.24) is 0 Å². The smallest absolute Gasteiger partial charge is 0.339 e. The van der Waals surface area contributed by atoms with E-state index in [1.807, 2.05) is 0 Å². The van der Waals surface area contributed by atoms with Gasteiger partial charge in [-0.05, 0) is 189 Å². The summed E-state index contributed by atoms with van der Waals surface area (Å²) in [7, 11) is -9.10. The largest absolute Gasteiger partial charge is 0.744 e. The monoisotopic (exact) mass is 759 g/mol. The van der Waals surface area contributed by atoms with Crippen molar-refractivity contribution >= 4 is 20.2 Å². The summed E-state index contributed by atoms with van der Waals surface area (Å²) >= 11 is 0. The van der Waals surface area contributed by atoms with Crippen LogP contribution in [-0.4, -0.2) is 21.4 Å². The Bertz CT molecular complexity index is 1870. The highest BCUT2D eigenvalue weighted by Crippen LogP contribution is 2.60. The summed E-state index contributed by atoms with van der Waals surface area (Å²) in [4.78, 5) is 0.375. The number of hydrogen-bond acceptors (Lipinski definition) is 6. The van der Waals surface area contributed by atoms with Gasteiger partial charge in [0.2, 0.25) is 0 Å². The van der Waals surface area contributed by atoms with Gasteiger partial charge in [0.1, 0.15) is 20.8 Å². The van der Waals surface area contributed by atoms with E-state index in [-0.39, 0.29) is 34.3 Å². The first-order chi connectivity index (χ1) is 25.6. The van der Waals surface area contributed by atoms with Gasteiger partial charge >= 0.3 is 10.1 Å². The van der Waals surface area contributed by atoms with Gasteiger partial charge in [-0.2, -0.15) is 8.42 Å². The number of benzene rings is 2. The van der Waals surface area contributed by atoms with Crippen LogP contribution < -0.4 is 4.18 Å². The number of fused-ring (bicyclic) bond motifs is 6. The maximum atomic E-state index is 15.4. The molecule has 8 saturated carbocycles. The maximum Gasteiger partial charge on any atom is 0.339 e. The van der Waals surface area contributed by atoms with Gasteiger partial charge in [-0.15, -0.1) is 0 Å². The minimum absolute atomic E-state index is 0.0818. The Kier molecular flexibility index (Phi) is 9.14. The predicted molar refractivity (Wildman–Crippen MR) is 205 cm³/mol. The van der Waals surface area contributed by atoms with Gasteiger partial charge in [-0.1, -0.05) is 69.9 Å². The lowest BCUT2D eigenvalue weighted by atomic mass is 9.75. The SMILES string of the molecule is O=S(=O)([O-])c1c(C2CCCCC2)cc(OS(=O)(=O)c2c(C3CC4CCC3C4)cc(C3CC4CCC3C4)cc2C2CC3CCC2C3)cc1C1CCCCC1. The molecule has 0 aliphatic heterocycles. The first kappa shape index (κ1) is 35.5. The quantitative estimate of drug-likeness (QED) is 0.186. The van der Waals surface area contributed by atoms with E-state index in [1.54, 1.807) is 12.1 Å². The molecule has 0 aromatic heterocycles. The summed E-state index contributed by atoms with van der Waals surface area (Å²) in [6.07, 6.45) is 23.9. The molecule has 8 aliphatic rings. The van der Waals surface area contributed by atoms with Gasteiger partial charge < -0.3 is 8.74 Å². The lowest BCUT2D eigenvalue weighted by molar-refractivity contribution is 0.392. The molecule has 0 radical (unpaired) electrons. The molecule has 0 N–H and O–H groups in total. The standard InChI is InChI=1S/C45H60O6S2/c46-52(47,48)44-40(30-7-3-1-4-8-30)25-36(26-41(44)31-9-5-2-6-10-31)51-53(49,50)45-42(38-21-28-12-15-33(38)18-28)23-35(37-20-27-11-14-32(37)17-27)24-43(45)39-22-29-13-16-34(39)19-29/h23-34,37-39H,1-22H2,(H,46,47,48)/p-1. The molecule has 0 saturated heterocycles. The van der Waals surface area contributed by atoms with E-state index in [1.165, 1.54) is 69.8 Å². The second-order valence-corrected chi connectivity index (χ2v) is 22.3. The summed E-state index contributed by atoms with van der Waals surface area (Å²) in [5.74, 6) is 4.95. The molecule has 53 heavy (non-hydrogen) atoms. The summed E-state index contributed by atoms with van der Waals surface area (Å²) in [5, 5.41) is 0. The molecule has 0 amide bonds. The molecule has 2 aromatic carbocycles. The van der Waals surface area contributed by atoms with Crippen LogP contribution in [0.5, 0.6) is 5.75 Å². The lowest BCUT2D eigenvalue weighted by Gasteiger charge is -2.33. The predicted octanol–water partition coefficient (Wildman–Crippen LogP) is 11.2. The van der Waals surface area contributed by atoms with E-state index in [0.717, 1.165) is 94.1 Å². The van der Waals surface area contributed by atoms with Gasteiger partial charge in [-0.3, -0.25) is 0 Å². The fraction of sp³-hybridized carbons (Fsp3) is 0.733. The molecular weight excluding hydrogens is 701 g/mol. The Labute approximate surface area is 318 Å². The molecule has 9 unspecified atom stereocenters. The van der Waals surface area contributed by atoms with Crippen LogP contribution in [-0.2, 0) is 20.2 Å². The van der Waals surface area contributed by atoms with Crippen LogP contribution in [0.15, 0.2) is 34.1 Å². The third-order valence-corrected chi connectivity index (χ3v) is 18.9. The number of hydrogen-bond donors (Lipinski definition) is 0. The third kappa shape index (κ3) is 6.45. The summed E-state index contributed by atoms with van der Waals surface area (Å²) in [6, 6.07) is 8.03. The third-order valence-electron chi connectivity index (χ3n) is 16.5. The maximum absolute atomic E-state index is 15.4. The van der Waals surface area contributed by atoms with E-state index in [9.17, 15) is 13.0 Å². The zero-order valence-corrected chi connectivity index (χ0v) is 33.1. The first-order valence-electron chi connectivity index (χ1n) is 21.8. The summed E-state index contributed by atoms with van der Waals surface area (Å²) in [6.45, 7) is 0. The Morgan fingerprint density at radius 1 is 0.472 bits per heavy atom. The van der Waals surface area contributed by atoms with Gasteiger partial charge in [-0.25, -0.2) is 8.42 Å². The van der Waals surface area contributed by atoms with Gasteiger partial charge in [0.05, 0.1) is 4.90 Å². The Morgan fingerprint density at radius 3 is 1.28 bits per heavy atom. The van der Waals surface area contributed by atoms with Crippen molar-refractivity contribution in [3.8, 4) is 5.75 Å². The van der Waals surface area contributed by atoms with Crippen molar-refractivity contribution in [2.45, 2.75) is 181 Å². The fourth-order valence-corrected chi connectivity index (χ4v) is 16.7. The molecule has 0 heterocycles. The zero-order valence-electron chi connectivity index (χ0n) is 31.5. The lowest BCUT2D eigenvalue weighted by Crippen LogP contribution is -2.23. The van der Waals surface area contributed by atoms with Crippen molar-refractivity contribution in [2.24, 2.45) is 35.5 Å². The van der Waals surface area contributed by atoms with Gasteiger partial charge in [0, 0.05) is 0 Å². The highest BCUT2D eigenvalue weighted by Gasteiger charge is 2.48. The second-order valence-electron chi connectivity index (χ2n) is 19.5. The van der Waals surface area contributed by atoms with Crippen LogP contribution in [0, 0.1) is 35.5 Å². The van der Waals surface area contributed by atoms with Crippen molar-refractivity contribution in [1.29, 1.82) is 0 Å². The molecule has 9 atom stereocenters. The highest BCUT2D eigenvalue weighted by molar-refractivity contribution is 7.87. The number of rotatable bonds is 9. The molecule has 10 rings (SSSR count). The van der Waals surface area contributed by atoms with Crippen LogP contribution in [0.25, 0.3) is 0 Å². The van der Waals surface area contributed by atoms with E-state index in [4.69, 9.17) is 4.18 Å². The molecule has 6 bridgehead atoms. The van der Waals surface area contributed by atoms with Crippen LogP contribution in [0.3, 0.4) is 0 Å². The van der Waals surface area contributed by atoms with Crippen LogP contribution in [0.2, 0.25) is 0 Å². The van der Waals surface area contributed by atoms with E-state index in [0.29, 0.717) is 51.5 Å². The van der Waals surface area contributed by atoms with Crippen molar-refractivity contribution in [3.05, 3.63) is 52.1 Å². The van der Waals surface area contributed by atoms with Gasteiger partial charge in [0.15, 0.2) is 0 Å².